The van der Waals surface area contributed by atoms with Gasteiger partial charge in [0.15, 0.2) is 0 Å². The normalized spacial score (nSPS) is 12.7. The van der Waals surface area contributed by atoms with Crippen LogP contribution < -0.4 is 0 Å². The fourth-order valence-corrected chi connectivity index (χ4v) is 1.65. The van der Waals surface area contributed by atoms with Crippen LogP contribution in [0.3, 0.4) is 0 Å². The summed E-state index contributed by atoms with van der Waals surface area (Å²) in [5, 5.41) is 0. The molecule has 1 aromatic rings. The molecule has 0 fully saturated rings. The average Bonchev–Trinajstić information content (AvgIpc) is 2.37. The van der Waals surface area contributed by atoms with Gasteiger partial charge in [-0.1, -0.05) is 12.2 Å². The molecule has 90 valence electrons. The van der Waals surface area contributed by atoms with E-state index in [0.29, 0.717) is 0 Å². The third kappa shape index (κ3) is 5.81. The van der Waals surface area contributed by atoms with Gasteiger partial charge in [-0.2, -0.15) is 0 Å². The van der Waals surface area contributed by atoms with E-state index in [1.807, 2.05) is 25.5 Å². The minimum atomic E-state index is 1.08. The molecule has 0 aliphatic rings. The van der Waals surface area contributed by atoms with Crippen LogP contribution in [0.1, 0.15) is 25.3 Å². The Bertz CT molecular complexity index is 389. The molecule has 1 rings (SSSR count). The second-order valence-electron chi connectivity index (χ2n) is 3.86. The van der Waals surface area contributed by atoms with E-state index in [-0.39, 0.29) is 0 Å². The minimum Gasteiger partial charge on any atom is -0.297 e. The van der Waals surface area contributed by atoms with Gasteiger partial charge in [0.2, 0.25) is 0 Å². The lowest BCUT2D eigenvalue weighted by molar-refractivity contribution is 0.823. The Morgan fingerprint density at radius 2 is 2.12 bits per heavy atom. The van der Waals surface area contributed by atoms with Gasteiger partial charge >= 0.3 is 0 Å². The van der Waals surface area contributed by atoms with Crippen LogP contribution in [0.5, 0.6) is 0 Å². The Hall–Kier alpha value is -1.70. The van der Waals surface area contributed by atoms with Crippen molar-refractivity contribution < 1.29 is 0 Å². The molecule has 0 N–H and O–H groups in total. The molecule has 0 radical (unpaired) electrons. The zero-order chi connectivity index (χ0) is 12.3. The summed E-state index contributed by atoms with van der Waals surface area (Å²) in [5.41, 5.74) is 2.68. The summed E-state index contributed by atoms with van der Waals surface area (Å²) >= 11 is 0. The molecule has 2 nitrogen and oxygen atoms in total. The summed E-state index contributed by atoms with van der Waals surface area (Å²) in [7, 11) is 1.79. The number of aromatic nitrogens is 1. The highest BCUT2D eigenvalue weighted by Gasteiger charge is 1.95. The summed E-state index contributed by atoms with van der Waals surface area (Å²) in [6, 6.07) is 4.15. The van der Waals surface area contributed by atoms with Crippen LogP contribution in [0.25, 0.3) is 0 Å². The van der Waals surface area contributed by atoms with Gasteiger partial charge in [0.05, 0.1) is 0 Å². The SMILES string of the molecule is C\C=C/C(=C\C=N\C)CCCc1ccncc1. The van der Waals surface area contributed by atoms with Crippen LogP contribution in [0, 0.1) is 0 Å². The number of aliphatic imine (C=N–C) groups is 1. The topological polar surface area (TPSA) is 25.2 Å². The highest BCUT2D eigenvalue weighted by molar-refractivity contribution is 5.72. The van der Waals surface area contributed by atoms with Crippen molar-refractivity contribution in [2.45, 2.75) is 26.2 Å². The molecule has 0 amide bonds. The first-order valence-electron chi connectivity index (χ1n) is 5.99. The zero-order valence-corrected chi connectivity index (χ0v) is 10.6. The van der Waals surface area contributed by atoms with Gasteiger partial charge in [0.1, 0.15) is 0 Å². The third-order valence-corrected chi connectivity index (χ3v) is 2.50. The van der Waals surface area contributed by atoms with Gasteiger partial charge in [-0.15, -0.1) is 0 Å². The van der Waals surface area contributed by atoms with Gasteiger partial charge in [-0.3, -0.25) is 9.98 Å². The van der Waals surface area contributed by atoms with E-state index >= 15 is 0 Å². The first kappa shape index (κ1) is 13.4. The van der Waals surface area contributed by atoms with E-state index < -0.39 is 0 Å². The Kier molecular flexibility index (Phi) is 6.64. The largest absolute Gasteiger partial charge is 0.297 e. The Morgan fingerprint density at radius 1 is 1.35 bits per heavy atom. The number of nitrogens with zero attached hydrogens (tertiary/aromatic N) is 2. The monoisotopic (exact) mass is 228 g/mol. The maximum atomic E-state index is 4.02. The summed E-state index contributed by atoms with van der Waals surface area (Å²) < 4.78 is 0. The van der Waals surface area contributed by atoms with Crippen molar-refractivity contribution in [1.82, 2.24) is 4.98 Å². The van der Waals surface area contributed by atoms with E-state index in [1.54, 1.807) is 7.05 Å². The van der Waals surface area contributed by atoms with Crippen molar-refractivity contribution in [3.8, 4) is 0 Å². The van der Waals surface area contributed by atoms with Crippen LogP contribution in [-0.4, -0.2) is 18.2 Å². The zero-order valence-electron chi connectivity index (χ0n) is 10.6. The van der Waals surface area contributed by atoms with Gasteiger partial charge < -0.3 is 0 Å². The van der Waals surface area contributed by atoms with E-state index in [0.717, 1.165) is 19.3 Å². The summed E-state index contributed by atoms with van der Waals surface area (Å²) in [6.45, 7) is 2.04. The second-order valence-corrected chi connectivity index (χ2v) is 3.86. The van der Waals surface area contributed by atoms with Gasteiger partial charge in [-0.25, -0.2) is 0 Å². The molecule has 0 aliphatic heterocycles. The molecule has 0 atom stereocenters. The van der Waals surface area contributed by atoms with Crippen LogP contribution in [0.2, 0.25) is 0 Å². The third-order valence-electron chi connectivity index (χ3n) is 2.50. The van der Waals surface area contributed by atoms with Crippen molar-refractivity contribution >= 4 is 6.21 Å². The highest BCUT2D eigenvalue weighted by Crippen LogP contribution is 2.10. The van der Waals surface area contributed by atoms with Crippen molar-refractivity contribution in [2.75, 3.05) is 7.05 Å². The van der Waals surface area contributed by atoms with Crippen LogP contribution in [0.15, 0.2) is 53.3 Å². The fourth-order valence-electron chi connectivity index (χ4n) is 1.65. The standard InChI is InChI=1S/C15H20N2/c1-3-5-14(8-11-16-2)6-4-7-15-9-12-17-13-10-15/h3,5,8-13H,4,6-7H2,1-2H3/b5-3-,14-8+,16-11+. The second kappa shape index (κ2) is 8.45. The molecular formula is C15H20N2. The molecule has 1 heterocycles. The van der Waals surface area contributed by atoms with Crippen molar-refractivity contribution in [3.63, 3.8) is 0 Å². The lowest BCUT2D eigenvalue weighted by Crippen LogP contribution is -1.88. The molecule has 0 bridgehead atoms. The molecule has 0 unspecified atom stereocenters. The van der Waals surface area contributed by atoms with Crippen LogP contribution in [-0.2, 0) is 6.42 Å². The van der Waals surface area contributed by atoms with Crippen LogP contribution >= 0.6 is 0 Å². The van der Waals surface area contributed by atoms with Gasteiger partial charge in [-0.05, 0) is 55.5 Å². The molecule has 0 aliphatic carbocycles. The first-order chi connectivity index (χ1) is 8.36. The predicted molar refractivity (Wildman–Crippen MR) is 74.5 cm³/mol. The summed E-state index contributed by atoms with van der Waals surface area (Å²) in [5.74, 6) is 0. The maximum Gasteiger partial charge on any atom is 0.0277 e. The number of rotatable bonds is 6. The molecule has 17 heavy (non-hydrogen) atoms. The van der Waals surface area contributed by atoms with E-state index in [1.165, 1.54) is 11.1 Å². The molecule has 0 saturated heterocycles. The Morgan fingerprint density at radius 3 is 2.76 bits per heavy atom. The Balaban J connectivity index is 2.43. The van der Waals surface area contributed by atoms with E-state index in [9.17, 15) is 0 Å². The summed E-state index contributed by atoms with van der Waals surface area (Å²) in [4.78, 5) is 8.00. The summed E-state index contributed by atoms with van der Waals surface area (Å²) in [6.07, 6.45) is 15.2. The van der Waals surface area contributed by atoms with Crippen molar-refractivity contribution in [2.24, 2.45) is 4.99 Å². The average molecular weight is 228 g/mol. The lowest BCUT2D eigenvalue weighted by atomic mass is 10.0. The number of pyridine rings is 1. The minimum absolute atomic E-state index is 1.08. The number of hydrogen-bond acceptors (Lipinski definition) is 2. The molecular weight excluding hydrogens is 208 g/mol. The predicted octanol–water partition coefficient (Wildman–Crippen LogP) is 3.61. The molecule has 0 spiro atoms. The quantitative estimate of drug-likeness (QED) is 0.539. The number of allylic oxidation sites excluding steroid dienone is 4. The van der Waals surface area contributed by atoms with E-state index in [2.05, 4.69) is 40.3 Å². The smallest absolute Gasteiger partial charge is 0.0277 e. The fraction of sp³-hybridized carbons (Fsp3) is 0.333. The molecule has 1 aromatic heterocycles. The highest BCUT2D eigenvalue weighted by atomic mass is 14.6. The number of hydrogen-bond donors (Lipinski definition) is 0. The number of aryl methyl sites for hydroxylation is 1. The van der Waals surface area contributed by atoms with Crippen molar-refractivity contribution in [1.29, 1.82) is 0 Å². The van der Waals surface area contributed by atoms with Gasteiger partial charge in [0.25, 0.3) is 0 Å². The van der Waals surface area contributed by atoms with Crippen molar-refractivity contribution in [3.05, 3.63) is 53.9 Å². The Labute approximate surface area is 104 Å². The van der Waals surface area contributed by atoms with E-state index in [4.69, 9.17) is 0 Å². The molecule has 0 aromatic carbocycles. The molecule has 0 saturated carbocycles. The van der Waals surface area contributed by atoms with Crippen LogP contribution in [0.4, 0.5) is 0 Å². The molecule has 2 heteroatoms. The lowest BCUT2D eigenvalue weighted by Gasteiger charge is -2.02. The van der Waals surface area contributed by atoms with Gasteiger partial charge in [0, 0.05) is 25.7 Å². The maximum absolute atomic E-state index is 4.02. The first-order valence-corrected chi connectivity index (χ1v) is 5.99.